The molecule has 0 radical (unpaired) electrons. The van der Waals surface area contributed by atoms with Gasteiger partial charge < -0.3 is 22.3 Å². The van der Waals surface area contributed by atoms with Gasteiger partial charge in [0.1, 0.15) is 6.29 Å². The van der Waals surface area contributed by atoms with Crippen LogP contribution < -0.4 is 0 Å². The van der Waals surface area contributed by atoms with E-state index in [2.05, 4.69) is 13.8 Å². The topological polar surface area (TPSA) is 17.1 Å². The van der Waals surface area contributed by atoms with Crippen molar-refractivity contribution in [1.82, 2.24) is 0 Å². The fourth-order valence-electron chi connectivity index (χ4n) is 1.24. The number of rotatable bonds is 1. The van der Waals surface area contributed by atoms with Gasteiger partial charge in [-0.1, -0.05) is 5.57 Å². The average molecular weight is 376 g/mol. The van der Waals surface area contributed by atoms with E-state index in [4.69, 9.17) is 0 Å². The Morgan fingerprint density at radius 3 is 1.57 bits per heavy atom. The van der Waals surface area contributed by atoms with Crippen LogP contribution >= 0.6 is 0 Å². The van der Waals surface area contributed by atoms with Gasteiger partial charge in [0, 0.05) is 21.1 Å². The smallest absolute Gasteiger partial charge is 0.146 e. The molecule has 0 aromatic carbocycles. The number of allylic oxidation sites excluding steroid dienone is 4. The second-order valence-electron chi connectivity index (χ2n) is 2.85. The third kappa shape index (κ3) is 4.37. The van der Waals surface area contributed by atoms with E-state index in [-0.39, 0.29) is 43.3 Å². The fourth-order valence-corrected chi connectivity index (χ4v) is 1.24. The van der Waals surface area contributed by atoms with Gasteiger partial charge in [-0.05, 0) is 43.9 Å². The largest absolute Gasteiger partial charge is 0.358 e. The quantitative estimate of drug-likeness (QED) is 0.505. The fraction of sp³-hybridized carbons (Fsp3) is 0.333. The maximum atomic E-state index is 10.4. The van der Waals surface area contributed by atoms with Crippen molar-refractivity contribution < 1.29 is 25.9 Å². The van der Waals surface area contributed by atoms with Crippen LogP contribution in [0.3, 0.4) is 0 Å². The van der Waals surface area contributed by atoms with Gasteiger partial charge in [-0.2, -0.15) is 0 Å². The second-order valence-corrected chi connectivity index (χ2v) is 2.85. The zero-order valence-corrected chi connectivity index (χ0v) is 12.3. The van der Waals surface area contributed by atoms with Crippen LogP contribution in [0, 0.1) is 22.3 Å². The molecule has 1 nitrogen and oxygen atoms in total. The van der Waals surface area contributed by atoms with Gasteiger partial charge in [-0.25, -0.2) is 0 Å². The van der Waals surface area contributed by atoms with Crippen LogP contribution in [0.15, 0.2) is 22.3 Å². The monoisotopic (exact) mass is 376 g/mol. The molecule has 0 aromatic rings. The first-order valence-corrected chi connectivity index (χ1v) is 3.48. The van der Waals surface area contributed by atoms with Crippen LogP contribution in [0.2, 0.25) is 0 Å². The molecular weight excluding hydrogens is 355 g/mol. The number of hydrogen-bond acceptors (Lipinski definition) is 1. The minimum atomic E-state index is 0. The molecular formula is C12H21OPt-3. The van der Waals surface area contributed by atoms with Gasteiger partial charge in [0.2, 0.25) is 0 Å². The van der Waals surface area contributed by atoms with Crippen LogP contribution in [-0.4, -0.2) is 6.29 Å². The molecule has 0 saturated carbocycles. The molecule has 0 fully saturated rings. The molecule has 0 N–H and O–H groups in total. The van der Waals surface area contributed by atoms with Crippen LogP contribution in [0.1, 0.15) is 27.2 Å². The Morgan fingerprint density at radius 1 is 1.00 bits per heavy atom. The minimum Gasteiger partial charge on any atom is -0.358 e. The maximum absolute atomic E-state index is 10.4. The summed E-state index contributed by atoms with van der Waals surface area (Å²) < 4.78 is 0. The predicted octanol–water partition coefficient (Wildman–Crippen LogP) is 3.59. The van der Waals surface area contributed by atoms with E-state index < -0.39 is 0 Å². The number of carbonyl (C=O) groups excluding carboxylic acids is 1. The molecule has 0 amide bonds. The summed E-state index contributed by atoms with van der Waals surface area (Å²) in [6.45, 7) is 6.16. The molecule has 2 heteroatoms. The standard InChI is InChI=1S/C9H12O.3CH3.Pt/c1-6-4-9(5-10)8(3)7(6)2;;;;/h5H,4H2,1-3H3;3*1H3;/q;3*-1;. The SMILES string of the molecule is CC1=C(C)C(C)=C(C=O)C1.[CH3-].[CH3-].[CH3-].[Pt]. The Hall–Kier alpha value is -0.162. The van der Waals surface area contributed by atoms with E-state index in [9.17, 15) is 4.79 Å². The third-order valence-corrected chi connectivity index (χ3v) is 2.28. The van der Waals surface area contributed by atoms with Crippen LogP contribution in [0.5, 0.6) is 0 Å². The third-order valence-electron chi connectivity index (χ3n) is 2.28. The Bertz CT molecular complexity index is 234. The van der Waals surface area contributed by atoms with Gasteiger partial charge in [-0.15, -0.1) is 0 Å². The molecule has 0 bridgehead atoms. The van der Waals surface area contributed by atoms with Crippen molar-refractivity contribution in [3.63, 3.8) is 0 Å². The molecule has 88 valence electrons. The van der Waals surface area contributed by atoms with Crippen LogP contribution in [-0.2, 0) is 25.9 Å². The molecule has 0 aromatic heterocycles. The van der Waals surface area contributed by atoms with Gasteiger partial charge in [0.05, 0.1) is 0 Å². The molecule has 1 rings (SSSR count). The van der Waals surface area contributed by atoms with Crippen molar-refractivity contribution in [3.8, 4) is 0 Å². The van der Waals surface area contributed by atoms with Gasteiger partial charge in [0.25, 0.3) is 0 Å². The molecule has 0 atom stereocenters. The average Bonchev–Trinajstić information content (AvgIpc) is 2.17. The Labute approximate surface area is 104 Å². The zero-order valence-electron chi connectivity index (χ0n) is 10.0. The molecule has 1 aliphatic rings. The first-order valence-electron chi connectivity index (χ1n) is 3.48. The van der Waals surface area contributed by atoms with Crippen molar-refractivity contribution >= 4 is 6.29 Å². The molecule has 0 saturated heterocycles. The Kier molecular flexibility index (Phi) is 15.8. The molecule has 0 aliphatic heterocycles. The summed E-state index contributed by atoms with van der Waals surface area (Å²) in [4.78, 5) is 10.4. The van der Waals surface area contributed by atoms with Crippen LogP contribution in [0.4, 0.5) is 0 Å². The van der Waals surface area contributed by atoms with E-state index in [1.54, 1.807) is 0 Å². The van der Waals surface area contributed by atoms with E-state index in [0.717, 1.165) is 18.3 Å². The van der Waals surface area contributed by atoms with E-state index in [0.29, 0.717) is 0 Å². The summed E-state index contributed by atoms with van der Waals surface area (Å²) in [6.07, 6.45) is 1.83. The van der Waals surface area contributed by atoms with Crippen molar-refractivity contribution in [2.45, 2.75) is 27.2 Å². The van der Waals surface area contributed by atoms with Gasteiger partial charge in [-0.3, -0.25) is 4.79 Å². The number of hydrogen-bond donors (Lipinski definition) is 0. The predicted molar refractivity (Wildman–Crippen MR) is 61.0 cm³/mol. The second kappa shape index (κ2) is 9.40. The number of aldehydes is 1. The van der Waals surface area contributed by atoms with Crippen LogP contribution in [0.25, 0.3) is 0 Å². The molecule has 1 aliphatic carbocycles. The first-order chi connectivity index (χ1) is 4.66. The maximum Gasteiger partial charge on any atom is 0.146 e. The van der Waals surface area contributed by atoms with Crippen molar-refractivity contribution in [2.24, 2.45) is 0 Å². The Balaban J connectivity index is -0.000000125. The summed E-state index contributed by atoms with van der Waals surface area (Å²) in [5.74, 6) is 0. The van der Waals surface area contributed by atoms with E-state index in [1.807, 2.05) is 6.92 Å². The molecule has 14 heavy (non-hydrogen) atoms. The van der Waals surface area contributed by atoms with Gasteiger partial charge >= 0.3 is 0 Å². The van der Waals surface area contributed by atoms with Crippen molar-refractivity contribution in [3.05, 3.63) is 44.6 Å². The number of carbonyl (C=O) groups is 1. The van der Waals surface area contributed by atoms with E-state index in [1.165, 1.54) is 16.7 Å². The summed E-state index contributed by atoms with van der Waals surface area (Å²) in [6, 6.07) is 0. The molecule has 0 spiro atoms. The molecule has 0 heterocycles. The summed E-state index contributed by atoms with van der Waals surface area (Å²) in [5.41, 5.74) is 4.75. The summed E-state index contributed by atoms with van der Waals surface area (Å²) >= 11 is 0. The minimum absolute atomic E-state index is 0. The van der Waals surface area contributed by atoms with Crippen molar-refractivity contribution in [1.29, 1.82) is 0 Å². The molecule has 0 unspecified atom stereocenters. The summed E-state index contributed by atoms with van der Waals surface area (Å²) in [5, 5.41) is 0. The zero-order chi connectivity index (χ0) is 7.72. The normalized spacial score (nSPS) is 13.4. The summed E-state index contributed by atoms with van der Waals surface area (Å²) in [7, 11) is 0. The van der Waals surface area contributed by atoms with E-state index >= 15 is 0 Å². The Morgan fingerprint density at radius 2 is 1.43 bits per heavy atom. The van der Waals surface area contributed by atoms with Gasteiger partial charge in [0.15, 0.2) is 0 Å². The van der Waals surface area contributed by atoms with Crippen molar-refractivity contribution in [2.75, 3.05) is 0 Å². The first kappa shape index (κ1) is 23.6.